The molecule has 0 aromatic heterocycles. The van der Waals surface area contributed by atoms with Crippen molar-refractivity contribution in [1.29, 1.82) is 0 Å². The lowest BCUT2D eigenvalue weighted by atomic mass is 9.65. The lowest BCUT2D eigenvalue weighted by molar-refractivity contribution is -0.142. The van der Waals surface area contributed by atoms with Gasteiger partial charge in [-0.2, -0.15) is 0 Å². The first-order chi connectivity index (χ1) is 8.39. The second-order valence-corrected chi connectivity index (χ2v) is 5.68. The maximum absolute atomic E-state index is 12.4. The predicted molar refractivity (Wildman–Crippen MR) is 71.3 cm³/mol. The topological polar surface area (TPSA) is 63.3 Å². The molecule has 0 amide bonds. The maximum atomic E-state index is 12.4. The van der Waals surface area contributed by atoms with Crippen LogP contribution in [-0.4, -0.2) is 17.0 Å². The number of aliphatic hydroxyl groups excluding tert-OH is 1. The molecule has 0 aliphatic heterocycles. The Balaban J connectivity index is 2.52. The van der Waals surface area contributed by atoms with Crippen LogP contribution in [0.25, 0.3) is 0 Å². The highest BCUT2D eigenvalue weighted by molar-refractivity contribution is 6.31. The average molecular weight is 268 g/mol. The fourth-order valence-corrected chi connectivity index (χ4v) is 3.11. The summed E-state index contributed by atoms with van der Waals surface area (Å²) in [6.07, 6.45) is -0.309. The molecular formula is C14H18ClNO2. The summed E-state index contributed by atoms with van der Waals surface area (Å²) < 4.78 is 0. The van der Waals surface area contributed by atoms with Crippen molar-refractivity contribution in [1.82, 2.24) is 0 Å². The summed E-state index contributed by atoms with van der Waals surface area (Å²) in [7, 11) is 0. The van der Waals surface area contributed by atoms with Crippen LogP contribution in [-0.2, 0) is 10.3 Å². The molecule has 1 aliphatic carbocycles. The van der Waals surface area contributed by atoms with Gasteiger partial charge in [0.05, 0.1) is 0 Å². The first-order valence-corrected chi connectivity index (χ1v) is 6.53. The molecule has 1 fully saturated rings. The van der Waals surface area contributed by atoms with Gasteiger partial charge in [-0.3, -0.25) is 4.79 Å². The monoisotopic (exact) mass is 267 g/mol. The van der Waals surface area contributed by atoms with Gasteiger partial charge in [0, 0.05) is 5.02 Å². The normalized spacial score (nSPS) is 36.7. The Bertz CT molecular complexity index is 477. The van der Waals surface area contributed by atoms with Gasteiger partial charge in [0.15, 0.2) is 5.78 Å². The third-order valence-electron chi connectivity index (χ3n) is 4.04. The molecule has 3 nitrogen and oxygen atoms in total. The zero-order valence-corrected chi connectivity index (χ0v) is 11.3. The zero-order valence-electron chi connectivity index (χ0n) is 10.6. The number of hydrogen-bond acceptors (Lipinski definition) is 3. The molecule has 98 valence electrons. The summed E-state index contributed by atoms with van der Waals surface area (Å²) in [5, 5.41) is 10.5. The molecule has 0 radical (unpaired) electrons. The highest BCUT2D eigenvalue weighted by Crippen LogP contribution is 2.41. The molecule has 1 saturated carbocycles. The molecule has 18 heavy (non-hydrogen) atoms. The largest absolute Gasteiger partial charge is 0.385 e. The van der Waals surface area contributed by atoms with Gasteiger partial charge in [0.25, 0.3) is 0 Å². The van der Waals surface area contributed by atoms with Crippen molar-refractivity contribution in [2.75, 3.05) is 0 Å². The van der Waals surface area contributed by atoms with Crippen molar-refractivity contribution < 1.29 is 9.90 Å². The van der Waals surface area contributed by atoms with Crippen LogP contribution in [0.15, 0.2) is 24.3 Å². The van der Waals surface area contributed by atoms with E-state index in [9.17, 15) is 9.90 Å². The molecule has 0 spiro atoms. The van der Waals surface area contributed by atoms with Crippen molar-refractivity contribution in [3.63, 3.8) is 0 Å². The highest BCUT2D eigenvalue weighted by Gasteiger charge is 2.50. The Kier molecular flexibility index (Phi) is 3.49. The van der Waals surface area contributed by atoms with E-state index in [0.717, 1.165) is 0 Å². The van der Waals surface area contributed by atoms with Crippen LogP contribution in [0.1, 0.15) is 25.8 Å². The number of aliphatic hydroxyl groups is 1. The summed E-state index contributed by atoms with van der Waals surface area (Å²) >= 11 is 6.15. The van der Waals surface area contributed by atoms with Crippen LogP contribution < -0.4 is 5.73 Å². The number of carbonyl (C=O) groups is 1. The minimum atomic E-state index is -1.19. The van der Waals surface area contributed by atoms with E-state index >= 15 is 0 Å². The smallest absolute Gasteiger partial charge is 0.186 e. The Morgan fingerprint density at radius 2 is 2.00 bits per heavy atom. The minimum absolute atomic E-state index is 0.0525. The third-order valence-corrected chi connectivity index (χ3v) is 4.37. The van der Waals surface area contributed by atoms with Crippen LogP contribution in [0.4, 0.5) is 0 Å². The fraction of sp³-hybridized carbons (Fsp3) is 0.500. The van der Waals surface area contributed by atoms with Gasteiger partial charge >= 0.3 is 0 Å². The molecule has 4 atom stereocenters. The summed E-state index contributed by atoms with van der Waals surface area (Å²) in [5.74, 6) is -0.447. The van der Waals surface area contributed by atoms with Gasteiger partial charge in [-0.15, -0.1) is 0 Å². The van der Waals surface area contributed by atoms with Crippen LogP contribution in [0.3, 0.4) is 0 Å². The lowest BCUT2D eigenvalue weighted by Crippen LogP contribution is -2.59. The second-order valence-electron chi connectivity index (χ2n) is 5.27. The van der Waals surface area contributed by atoms with Crippen molar-refractivity contribution >= 4 is 17.4 Å². The molecule has 1 aromatic carbocycles. The van der Waals surface area contributed by atoms with Crippen LogP contribution in [0.5, 0.6) is 0 Å². The molecule has 3 N–H and O–H groups in total. The average Bonchev–Trinajstić information content (AvgIpc) is 2.34. The number of nitrogens with two attached hydrogens (primary N) is 1. The summed E-state index contributed by atoms with van der Waals surface area (Å²) in [6.45, 7) is 3.80. The highest BCUT2D eigenvalue weighted by atomic mass is 35.5. The fourth-order valence-electron chi connectivity index (χ4n) is 2.81. The van der Waals surface area contributed by atoms with Crippen LogP contribution >= 0.6 is 11.6 Å². The van der Waals surface area contributed by atoms with Crippen molar-refractivity contribution in [2.45, 2.75) is 31.9 Å². The number of Topliss-reactive ketones (excluding diaryl/α,β-unsaturated/α-hetero) is 1. The number of benzene rings is 1. The van der Waals surface area contributed by atoms with E-state index in [2.05, 4.69) is 0 Å². The van der Waals surface area contributed by atoms with Gasteiger partial charge in [-0.25, -0.2) is 0 Å². The maximum Gasteiger partial charge on any atom is 0.186 e. The van der Waals surface area contributed by atoms with E-state index in [1.165, 1.54) is 0 Å². The van der Waals surface area contributed by atoms with Crippen LogP contribution in [0.2, 0.25) is 5.02 Å². The van der Waals surface area contributed by atoms with Crippen molar-refractivity contribution in [2.24, 2.45) is 17.6 Å². The van der Waals surface area contributed by atoms with E-state index in [0.29, 0.717) is 17.0 Å². The van der Waals surface area contributed by atoms with E-state index in [1.54, 1.807) is 24.3 Å². The Hall–Kier alpha value is -0.900. The summed E-state index contributed by atoms with van der Waals surface area (Å²) in [6, 6.07) is 7.09. The molecule has 1 aromatic rings. The van der Waals surface area contributed by atoms with E-state index < -0.39 is 11.6 Å². The number of carbonyl (C=O) groups excluding carboxylic acids is 1. The zero-order chi connectivity index (χ0) is 13.5. The third kappa shape index (κ3) is 1.87. The SMILES string of the molecule is C[C@@H]1C[C@H](C)[C@@H](O)C(=O)[C@]1(N)c1ccccc1Cl. The number of ketones is 1. The van der Waals surface area contributed by atoms with E-state index in [4.69, 9.17) is 17.3 Å². The molecule has 0 saturated heterocycles. The summed E-state index contributed by atoms with van der Waals surface area (Å²) in [5.41, 5.74) is 5.74. The molecule has 2 rings (SSSR count). The molecule has 0 bridgehead atoms. The molecule has 1 aliphatic rings. The van der Waals surface area contributed by atoms with Gasteiger partial charge in [-0.1, -0.05) is 43.6 Å². The predicted octanol–water partition coefficient (Wildman–Crippen LogP) is 2.10. The first kappa shape index (κ1) is 13.5. The number of hydrogen-bond donors (Lipinski definition) is 2. The standard InChI is InChI=1S/C14H18ClNO2/c1-8-7-9(2)14(16,13(18)12(8)17)10-5-3-4-6-11(10)15/h3-6,8-9,12,17H,7,16H2,1-2H3/t8-,9+,12+,14+/m0/s1. The Morgan fingerprint density at radius 1 is 1.39 bits per heavy atom. The first-order valence-electron chi connectivity index (χ1n) is 6.15. The molecule has 4 heteroatoms. The number of halogens is 1. The van der Waals surface area contributed by atoms with Crippen molar-refractivity contribution in [3.05, 3.63) is 34.9 Å². The van der Waals surface area contributed by atoms with E-state index in [-0.39, 0.29) is 17.6 Å². The van der Waals surface area contributed by atoms with Crippen molar-refractivity contribution in [3.8, 4) is 0 Å². The summed E-state index contributed by atoms with van der Waals surface area (Å²) in [4.78, 5) is 12.4. The van der Waals surface area contributed by atoms with Crippen LogP contribution in [0, 0.1) is 11.8 Å². The van der Waals surface area contributed by atoms with Gasteiger partial charge in [0.2, 0.25) is 0 Å². The Morgan fingerprint density at radius 3 is 2.61 bits per heavy atom. The second kappa shape index (κ2) is 4.65. The minimum Gasteiger partial charge on any atom is -0.385 e. The number of rotatable bonds is 1. The van der Waals surface area contributed by atoms with E-state index in [1.807, 2.05) is 13.8 Å². The molecule has 0 heterocycles. The lowest BCUT2D eigenvalue weighted by Gasteiger charge is -2.43. The molecule has 0 unspecified atom stereocenters. The van der Waals surface area contributed by atoms with Gasteiger partial charge in [-0.05, 0) is 29.9 Å². The molecular weight excluding hydrogens is 250 g/mol. The Labute approximate surface area is 112 Å². The van der Waals surface area contributed by atoms with Gasteiger partial charge < -0.3 is 10.8 Å². The van der Waals surface area contributed by atoms with Gasteiger partial charge in [0.1, 0.15) is 11.6 Å². The quantitative estimate of drug-likeness (QED) is 0.819.